The minimum atomic E-state index is -0.802. The lowest BCUT2D eigenvalue weighted by molar-refractivity contribution is -0.143. The van der Waals surface area contributed by atoms with Crippen LogP contribution in [-0.2, 0) is 14.3 Å². The summed E-state index contributed by atoms with van der Waals surface area (Å²) < 4.78 is 5.47. The summed E-state index contributed by atoms with van der Waals surface area (Å²) in [7, 11) is 0. The van der Waals surface area contributed by atoms with Crippen molar-refractivity contribution >= 4 is 17.9 Å². The van der Waals surface area contributed by atoms with E-state index in [2.05, 4.69) is 17.6 Å². The van der Waals surface area contributed by atoms with Gasteiger partial charge in [-0.1, -0.05) is 70.7 Å². The smallest absolute Gasteiger partial charge is 0.408 e. The summed E-state index contributed by atoms with van der Waals surface area (Å²) in [5, 5.41) is 5.83. The Morgan fingerprint density at radius 2 is 1.57 bits per heavy atom. The zero-order valence-electron chi connectivity index (χ0n) is 24.6. The summed E-state index contributed by atoms with van der Waals surface area (Å²) in [5.41, 5.74) is 1.05. The molecule has 0 bridgehead atoms. The molecule has 2 atom stereocenters. The second-order valence-corrected chi connectivity index (χ2v) is 11.7. The van der Waals surface area contributed by atoms with Crippen molar-refractivity contribution in [3.63, 3.8) is 0 Å². The van der Waals surface area contributed by atoms with Crippen molar-refractivity contribution < 1.29 is 19.1 Å². The summed E-state index contributed by atoms with van der Waals surface area (Å²) >= 11 is 0. The normalized spacial score (nSPS) is 13.3. The van der Waals surface area contributed by atoms with Gasteiger partial charge in [0.15, 0.2) is 0 Å². The number of rotatable bonds is 14. The molecule has 0 aliphatic heterocycles. The van der Waals surface area contributed by atoms with Gasteiger partial charge in [0.1, 0.15) is 17.7 Å². The maximum absolute atomic E-state index is 14.2. The largest absolute Gasteiger partial charge is 0.444 e. The van der Waals surface area contributed by atoms with Crippen LogP contribution in [0.25, 0.3) is 0 Å². The number of alkyl carbamates (subject to hydrolysis) is 1. The molecule has 0 radical (unpaired) electrons. The molecular formula is C30H51N3O4. The van der Waals surface area contributed by atoms with Gasteiger partial charge in [-0.2, -0.15) is 0 Å². The number of carbonyl (C=O) groups is 3. The highest BCUT2D eigenvalue weighted by molar-refractivity contribution is 5.92. The fourth-order valence-corrected chi connectivity index (χ4v) is 4.30. The van der Waals surface area contributed by atoms with E-state index >= 15 is 0 Å². The molecule has 1 rings (SSSR count). The quantitative estimate of drug-likeness (QED) is 0.284. The number of hydrogen-bond donors (Lipinski definition) is 2. The van der Waals surface area contributed by atoms with Crippen molar-refractivity contribution in [1.29, 1.82) is 0 Å². The van der Waals surface area contributed by atoms with Gasteiger partial charge in [0.05, 0.1) is 0 Å². The second-order valence-electron chi connectivity index (χ2n) is 11.7. The standard InChI is InChI=1S/C30H51N3O4/c1-10-11-12-13-16-19-33(26(27(34)31-22(4)5)24-18-15-14-17-23(24)6)28(35)25(20-21(2)3)32-29(36)37-30(7,8)9/h14-15,17-18,21-22,25-26H,10-13,16,19-20H2,1-9H3,(H,31,34)(H,32,36). The molecule has 1 aromatic carbocycles. The van der Waals surface area contributed by atoms with E-state index in [0.717, 1.165) is 43.2 Å². The van der Waals surface area contributed by atoms with Gasteiger partial charge < -0.3 is 20.3 Å². The van der Waals surface area contributed by atoms with Gasteiger partial charge in [-0.3, -0.25) is 9.59 Å². The van der Waals surface area contributed by atoms with Gasteiger partial charge in [-0.05, 0) is 71.4 Å². The molecule has 7 heteroatoms. The zero-order chi connectivity index (χ0) is 28.2. The third kappa shape index (κ3) is 12.0. The highest BCUT2D eigenvalue weighted by Gasteiger charge is 2.37. The Morgan fingerprint density at radius 3 is 2.11 bits per heavy atom. The van der Waals surface area contributed by atoms with Crippen molar-refractivity contribution in [2.45, 2.75) is 125 Å². The van der Waals surface area contributed by atoms with E-state index in [0.29, 0.717) is 13.0 Å². The number of nitrogens with zero attached hydrogens (tertiary/aromatic N) is 1. The van der Waals surface area contributed by atoms with E-state index in [9.17, 15) is 14.4 Å². The van der Waals surface area contributed by atoms with E-state index in [4.69, 9.17) is 4.74 Å². The second kappa shape index (κ2) is 15.6. The zero-order valence-corrected chi connectivity index (χ0v) is 24.6. The SMILES string of the molecule is CCCCCCCN(C(=O)C(CC(C)C)NC(=O)OC(C)(C)C)C(C(=O)NC(C)C)c1ccccc1C. The molecule has 0 fully saturated rings. The average molecular weight is 518 g/mol. The number of amides is 3. The van der Waals surface area contributed by atoms with Crippen molar-refractivity contribution in [2.24, 2.45) is 5.92 Å². The van der Waals surface area contributed by atoms with Crippen LogP contribution in [0.15, 0.2) is 24.3 Å². The molecule has 0 saturated heterocycles. The third-order valence-electron chi connectivity index (χ3n) is 5.96. The number of benzene rings is 1. The van der Waals surface area contributed by atoms with Crippen molar-refractivity contribution in [3.05, 3.63) is 35.4 Å². The van der Waals surface area contributed by atoms with E-state index in [1.165, 1.54) is 0 Å². The summed E-state index contributed by atoms with van der Waals surface area (Å²) in [5.74, 6) is -0.328. The Morgan fingerprint density at radius 1 is 0.946 bits per heavy atom. The Kier molecular flexibility index (Phi) is 13.7. The molecule has 2 unspecified atom stereocenters. The molecule has 1 aromatic rings. The predicted molar refractivity (Wildman–Crippen MR) is 150 cm³/mol. The van der Waals surface area contributed by atoms with Crippen LogP contribution in [0.3, 0.4) is 0 Å². The Balaban J connectivity index is 3.46. The van der Waals surface area contributed by atoms with Gasteiger partial charge in [-0.25, -0.2) is 4.79 Å². The van der Waals surface area contributed by atoms with Crippen molar-refractivity contribution in [3.8, 4) is 0 Å². The number of aryl methyl sites for hydroxylation is 1. The van der Waals surface area contributed by atoms with Crippen LogP contribution in [0.5, 0.6) is 0 Å². The highest BCUT2D eigenvalue weighted by atomic mass is 16.6. The van der Waals surface area contributed by atoms with Gasteiger partial charge in [-0.15, -0.1) is 0 Å². The summed E-state index contributed by atoms with van der Waals surface area (Å²) in [6.07, 6.45) is 4.91. The molecule has 2 N–H and O–H groups in total. The molecule has 0 aromatic heterocycles. The van der Waals surface area contributed by atoms with Crippen LogP contribution in [0, 0.1) is 12.8 Å². The topological polar surface area (TPSA) is 87.7 Å². The van der Waals surface area contributed by atoms with Crippen molar-refractivity contribution in [1.82, 2.24) is 15.5 Å². The average Bonchev–Trinajstić information content (AvgIpc) is 2.76. The molecule has 0 heterocycles. The van der Waals surface area contributed by atoms with E-state index in [-0.39, 0.29) is 23.8 Å². The lowest BCUT2D eigenvalue weighted by Gasteiger charge is -2.36. The monoisotopic (exact) mass is 517 g/mol. The first kappa shape index (κ1) is 32.5. The number of unbranched alkanes of at least 4 members (excludes halogenated alkanes) is 4. The maximum Gasteiger partial charge on any atom is 0.408 e. The minimum absolute atomic E-state index is 0.0770. The Bertz CT molecular complexity index is 861. The Labute approximate surface area is 225 Å². The Hall–Kier alpha value is -2.57. The molecule has 0 aliphatic carbocycles. The molecule has 0 spiro atoms. The van der Waals surface area contributed by atoms with Gasteiger partial charge >= 0.3 is 6.09 Å². The molecule has 7 nitrogen and oxygen atoms in total. The van der Waals surface area contributed by atoms with Crippen LogP contribution in [0.1, 0.15) is 111 Å². The molecular weight excluding hydrogens is 466 g/mol. The highest BCUT2D eigenvalue weighted by Crippen LogP contribution is 2.27. The number of ether oxygens (including phenoxy) is 1. The molecule has 0 saturated carbocycles. The van der Waals surface area contributed by atoms with Gasteiger partial charge in [0.2, 0.25) is 11.8 Å². The summed E-state index contributed by atoms with van der Waals surface area (Å²) in [6, 6.07) is 6.02. The minimum Gasteiger partial charge on any atom is -0.444 e. The fraction of sp³-hybridized carbons (Fsp3) is 0.700. The molecule has 0 aliphatic rings. The third-order valence-corrected chi connectivity index (χ3v) is 5.96. The summed E-state index contributed by atoms with van der Waals surface area (Å²) in [6.45, 7) is 17.8. The number of nitrogens with one attached hydrogen (secondary N) is 2. The molecule has 3 amide bonds. The lowest BCUT2D eigenvalue weighted by Crippen LogP contribution is -2.54. The maximum atomic E-state index is 14.2. The predicted octanol–water partition coefficient (Wildman–Crippen LogP) is 6.30. The fourth-order valence-electron chi connectivity index (χ4n) is 4.30. The van der Waals surface area contributed by atoms with Crippen LogP contribution >= 0.6 is 0 Å². The molecule has 210 valence electrons. The van der Waals surface area contributed by atoms with Crippen molar-refractivity contribution in [2.75, 3.05) is 6.54 Å². The van der Waals surface area contributed by atoms with Crippen LogP contribution < -0.4 is 10.6 Å². The van der Waals surface area contributed by atoms with Gasteiger partial charge in [0, 0.05) is 12.6 Å². The molecule has 37 heavy (non-hydrogen) atoms. The van der Waals surface area contributed by atoms with E-state index in [1.807, 2.05) is 58.9 Å². The van der Waals surface area contributed by atoms with E-state index < -0.39 is 23.8 Å². The van der Waals surface area contributed by atoms with Crippen LogP contribution in [0.2, 0.25) is 0 Å². The van der Waals surface area contributed by atoms with Crippen LogP contribution in [0.4, 0.5) is 4.79 Å². The first-order valence-corrected chi connectivity index (χ1v) is 13.9. The number of hydrogen-bond acceptors (Lipinski definition) is 4. The van der Waals surface area contributed by atoms with E-state index in [1.54, 1.807) is 25.7 Å². The van der Waals surface area contributed by atoms with Crippen LogP contribution in [-0.4, -0.2) is 47.0 Å². The van der Waals surface area contributed by atoms with Gasteiger partial charge in [0.25, 0.3) is 0 Å². The first-order valence-electron chi connectivity index (χ1n) is 13.9. The lowest BCUT2D eigenvalue weighted by atomic mass is 9.96. The summed E-state index contributed by atoms with van der Waals surface area (Å²) in [4.78, 5) is 42.2. The first-order chi connectivity index (χ1) is 17.3. The number of carbonyl (C=O) groups excluding carboxylic acids is 3.